The van der Waals surface area contributed by atoms with Crippen LogP contribution in [0, 0.1) is 0 Å². The molecule has 0 spiro atoms. The third-order valence-corrected chi connectivity index (χ3v) is 4.12. The molecule has 0 bridgehead atoms. The van der Waals surface area contributed by atoms with E-state index >= 15 is 0 Å². The topological polar surface area (TPSA) is 75.6 Å². The number of hydrogen-bond donors (Lipinski definition) is 2. The van der Waals surface area contributed by atoms with Gasteiger partial charge in [0.15, 0.2) is 0 Å². The Labute approximate surface area is 126 Å². The molecule has 5 nitrogen and oxygen atoms in total. The van der Waals surface area contributed by atoms with Gasteiger partial charge in [0.05, 0.1) is 16.3 Å². The van der Waals surface area contributed by atoms with Crippen LogP contribution in [0.2, 0.25) is 5.02 Å². The number of cyclic esters (lactones) is 1. The third kappa shape index (κ3) is 2.17. The number of amides is 1. The monoisotopic (exact) mass is 307 g/mol. The van der Waals surface area contributed by atoms with E-state index < -0.39 is 17.5 Å². The van der Waals surface area contributed by atoms with Crippen molar-refractivity contribution in [3.05, 3.63) is 40.1 Å². The predicted molar refractivity (Wildman–Crippen MR) is 75.8 cm³/mol. The number of carbonyl (C=O) groups excluding carboxylic acids is 2. The average Bonchev–Trinajstić information content (AvgIpc) is 2.62. The molecule has 2 aliphatic rings. The van der Waals surface area contributed by atoms with E-state index in [2.05, 4.69) is 5.32 Å². The zero-order valence-corrected chi connectivity index (χ0v) is 12.3. The van der Waals surface area contributed by atoms with E-state index in [-0.39, 0.29) is 23.1 Å². The molecule has 0 saturated heterocycles. The molecule has 1 aromatic rings. The molecule has 2 heterocycles. The number of esters is 1. The first-order valence-corrected chi connectivity index (χ1v) is 6.93. The van der Waals surface area contributed by atoms with E-state index in [0.717, 1.165) is 0 Å². The number of carbonyl (C=O) groups is 2. The van der Waals surface area contributed by atoms with Crippen molar-refractivity contribution in [1.82, 2.24) is 5.32 Å². The Hall–Kier alpha value is -2.01. The number of halogens is 1. The minimum absolute atomic E-state index is 0.0378. The Bertz CT molecular complexity index is 693. The molecule has 1 atom stereocenters. The molecule has 21 heavy (non-hydrogen) atoms. The van der Waals surface area contributed by atoms with Gasteiger partial charge in [-0.25, -0.2) is 4.79 Å². The van der Waals surface area contributed by atoms with Crippen LogP contribution in [0.25, 0.3) is 0 Å². The van der Waals surface area contributed by atoms with Gasteiger partial charge in [-0.05, 0) is 31.5 Å². The minimum atomic E-state index is -0.846. The summed E-state index contributed by atoms with van der Waals surface area (Å²) < 4.78 is 5.34. The van der Waals surface area contributed by atoms with Crippen molar-refractivity contribution in [3.63, 3.8) is 0 Å². The summed E-state index contributed by atoms with van der Waals surface area (Å²) in [4.78, 5) is 24.1. The number of rotatable bonds is 1. The Morgan fingerprint density at radius 3 is 2.76 bits per heavy atom. The van der Waals surface area contributed by atoms with Gasteiger partial charge in [-0.15, -0.1) is 0 Å². The second-order valence-corrected chi connectivity index (χ2v) is 6.11. The molecule has 0 radical (unpaired) electrons. The minimum Gasteiger partial charge on any atom is -0.506 e. The number of hydrogen-bond acceptors (Lipinski definition) is 4. The van der Waals surface area contributed by atoms with Gasteiger partial charge >= 0.3 is 5.97 Å². The van der Waals surface area contributed by atoms with Gasteiger partial charge < -0.3 is 15.2 Å². The van der Waals surface area contributed by atoms with Gasteiger partial charge in [0.1, 0.15) is 11.4 Å². The lowest BCUT2D eigenvalue weighted by Gasteiger charge is -2.27. The van der Waals surface area contributed by atoms with Crippen molar-refractivity contribution in [1.29, 1.82) is 0 Å². The van der Waals surface area contributed by atoms with Gasteiger partial charge in [-0.2, -0.15) is 0 Å². The second kappa shape index (κ2) is 4.49. The molecule has 1 amide bonds. The molecule has 0 aliphatic carbocycles. The zero-order valence-electron chi connectivity index (χ0n) is 11.6. The van der Waals surface area contributed by atoms with Gasteiger partial charge in [0.2, 0.25) is 5.91 Å². The van der Waals surface area contributed by atoms with Crippen molar-refractivity contribution in [3.8, 4) is 5.75 Å². The van der Waals surface area contributed by atoms with Gasteiger partial charge in [0, 0.05) is 12.3 Å². The van der Waals surface area contributed by atoms with E-state index in [9.17, 15) is 14.7 Å². The first kappa shape index (κ1) is 13.9. The number of phenolic OH excluding ortho intramolecular Hbond substituents is 1. The molecule has 2 N–H and O–H groups in total. The van der Waals surface area contributed by atoms with Gasteiger partial charge in [0.25, 0.3) is 0 Å². The van der Waals surface area contributed by atoms with Crippen LogP contribution in [-0.2, 0) is 14.3 Å². The fraction of sp³-hybridized carbons (Fsp3) is 0.333. The van der Waals surface area contributed by atoms with Crippen LogP contribution in [0.3, 0.4) is 0 Å². The summed E-state index contributed by atoms with van der Waals surface area (Å²) in [6, 6.07) is 4.69. The van der Waals surface area contributed by atoms with Crippen molar-refractivity contribution >= 4 is 23.5 Å². The molecule has 0 aromatic heterocycles. The van der Waals surface area contributed by atoms with Crippen LogP contribution in [0.15, 0.2) is 29.5 Å². The van der Waals surface area contributed by atoms with E-state index in [4.69, 9.17) is 16.3 Å². The molecule has 110 valence electrons. The van der Waals surface area contributed by atoms with Crippen LogP contribution in [0.5, 0.6) is 5.75 Å². The Kier molecular flexibility index (Phi) is 2.99. The van der Waals surface area contributed by atoms with Gasteiger partial charge in [-0.1, -0.05) is 17.7 Å². The lowest BCUT2D eigenvalue weighted by molar-refractivity contribution is -0.144. The highest BCUT2D eigenvalue weighted by atomic mass is 35.5. The molecular formula is C15H14ClNO4. The van der Waals surface area contributed by atoms with Crippen LogP contribution < -0.4 is 5.32 Å². The Morgan fingerprint density at radius 2 is 2.10 bits per heavy atom. The number of ether oxygens (including phenoxy) is 1. The van der Waals surface area contributed by atoms with Gasteiger partial charge in [-0.3, -0.25) is 4.79 Å². The fourth-order valence-electron chi connectivity index (χ4n) is 2.80. The first-order chi connectivity index (χ1) is 9.79. The van der Waals surface area contributed by atoms with E-state index in [1.54, 1.807) is 26.0 Å². The Morgan fingerprint density at radius 1 is 1.38 bits per heavy atom. The maximum atomic E-state index is 12.2. The van der Waals surface area contributed by atoms with E-state index in [0.29, 0.717) is 16.8 Å². The number of benzene rings is 1. The molecule has 0 unspecified atom stereocenters. The van der Waals surface area contributed by atoms with Crippen molar-refractivity contribution in [2.75, 3.05) is 0 Å². The molecular weight excluding hydrogens is 294 g/mol. The lowest BCUT2D eigenvalue weighted by Crippen LogP contribution is -2.38. The highest BCUT2D eigenvalue weighted by Gasteiger charge is 2.47. The molecule has 0 fully saturated rings. The second-order valence-electron chi connectivity index (χ2n) is 5.70. The van der Waals surface area contributed by atoms with Crippen LogP contribution in [0.4, 0.5) is 0 Å². The normalized spacial score (nSPS) is 23.7. The summed E-state index contributed by atoms with van der Waals surface area (Å²) in [7, 11) is 0. The summed E-state index contributed by atoms with van der Waals surface area (Å²) in [5, 5.41) is 12.4. The Balaban J connectivity index is 2.13. The smallest absolute Gasteiger partial charge is 0.337 e. The summed E-state index contributed by atoms with van der Waals surface area (Å²) >= 11 is 5.92. The fourth-order valence-corrected chi connectivity index (χ4v) is 2.99. The summed E-state index contributed by atoms with van der Waals surface area (Å²) in [5.41, 5.74) is 0.829. The van der Waals surface area contributed by atoms with Crippen LogP contribution in [-0.4, -0.2) is 22.6 Å². The maximum absolute atomic E-state index is 12.2. The third-order valence-electron chi connectivity index (χ3n) is 3.82. The number of phenols is 1. The standard InChI is InChI=1S/C15H14ClNO4/c1-15(2)13-12(14(20)21-15)8(6-11(19)17-13)7-3-4-10(18)9(16)5-7/h3-5,8,18H,6H2,1-2H3,(H,17,19)/t8-/m0/s1. The van der Waals surface area contributed by atoms with E-state index in [1.165, 1.54) is 6.07 Å². The SMILES string of the molecule is CC1(C)OC(=O)C2=C1NC(=O)C[C@H]2c1ccc(O)c(Cl)c1. The maximum Gasteiger partial charge on any atom is 0.337 e. The quantitative estimate of drug-likeness (QED) is 0.780. The predicted octanol–water partition coefficient (Wildman–Crippen LogP) is 2.24. The molecule has 3 rings (SSSR count). The highest BCUT2D eigenvalue weighted by Crippen LogP contribution is 2.43. The summed E-state index contributed by atoms with van der Waals surface area (Å²) in [5.74, 6) is -1.05. The first-order valence-electron chi connectivity index (χ1n) is 6.56. The number of aromatic hydroxyl groups is 1. The molecule has 0 saturated carbocycles. The summed E-state index contributed by atoms with van der Waals surface area (Å²) in [6.07, 6.45) is 0.144. The lowest BCUT2D eigenvalue weighted by atomic mass is 9.83. The van der Waals surface area contributed by atoms with Crippen molar-refractivity contribution in [2.24, 2.45) is 0 Å². The average molecular weight is 308 g/mol. The molecule has 6 heteroatoms. The van der Waals surface area contributed by atoms with Crippen LogP contribution >= 0.6 is 11.6 Å². The highest BCUT2D eigenvalue weighted by molar-refractivity contribution is 6.32. The molecule has 2 aliphatic heterocycles. The van der Waals surface area contributed by atoms with E-state index in [1.807, 2.05) is 0 Å². The largest absolute Gasteiger partial charge is 0.506 e. The number of nitrogens with one attached hydrogen (secondary N) is 1. The van der Waals surface area contributed by atoms with Crippen molar-refractivity contribution < 1.29 is 19.4 Å². The zero-order chi connectivity index (χ0) is 15.4. The molecule has 1 aromatic carbocycles. The van der Waals surface area contributed by atoms with Crippen LogP contribution in [0.1, 0.15) is 31.7 Å². The summed E-state index contributed by atoms with van der Waals surface area (Å²) in [6.45, 7) is 3.47. The van der Waals surface area contributed by atoms with Crippen molar-refractivity contribution in [2.45, 2.75) is 31.8 Å².